The molecule has 412 valence electrons. The second-order valence-corrected chi connectivity index (χ2v) is 22.5. The molecular formula is C66H93FO8. The van der Waals surface area contributed by atoms with E-state index in [1.165, 1.54) is 55.2 Å². The van der Waals surface area contributed by atoms with E-state index < -0.39 is 0 Å². The van der Waals surface area contributed by atoms with Crippen LogP contribution < -0.4 is 14.2 Å². The fourth-order valence-electron chi connectivity index (χ4n) is 11.6. The molecule has 4 aliphatic carbocycles. The van der Waals surface area contributed by atoms with Crippen molar-refractivity contribution in [3.05, 3.63) is 125 Å². The highest BCUT2D eigenvalue weighted by Gasteiger charge is 2.34. The minimum Gasteiger partial charge on any atom is -0.494 e. The van der Waals surface area contributed by atoms with Crippen LogP contribution in [-0.2, 0) is 23.7 Å². The molecule has 4 fully saturated rings. The molecular weight excluding hydrogens is 940 g/mol. The third kappa shape index (κ3) is 21.2. The van der Waals surface area contributed by atoms with Crippen molar-refractivity contribution in [1.29, 1.82) is 0 Å². The molecule has 0 bridgehead atoms. The van der Waals surface area contributed by atoms with Crippen molar-refractivity contribution < 1.29 is 42.3 Å². The highest BCUT2D eigenvalue weighted by Crippen LogP contribution is 2.41. The van der Waals surface area contributed by atoms with Crippen LogP contribution in [0.1, 0.15) is 181 Å². The normalized spacial score (nSPS) is 23.9. The number of aryl methyl sites for hydroxylation is 4. The maximum Gasteiger partial charge on any atom is 0.314 e. The number of esters is 1. The predicted molar refractivity (Wildman–Crippen MR) is 300 cm³/mol. The monoisotopic (exact) mass is 1030 g/mol. The van der Waals surface area contributed by atoms with Gasteiger partial charge in [0.1, 0.15) is 23.1 Å². The molecule has 0 saturated heterocycles. The van der Waals surface area contributed by atoms with E-state index in [-0.39, 0.29) is 17.7 Å². The average Bonchev–Trinajstić information content (AvgIpc) is 3.43. The first-order valence-electron chi connectivity index (χ1n) is 29.5. The lowest BCUT2D eigenvalue weighted by molar-refractivity contribution is -0.140. The molecule has 0 amide bonds. The van der Waals surface area contributed by atoms with E-state index >= 15 is 0 Å². The van der Waals surface area contributed by atoms with Gasteiger partial charge in [-0.2, -0.15) is 0 Å². The van der Waals surface area contributed by atoms with Crippen LogP contribution in [0.4, 0.5) is 4.39 Å². The second kappa shape index (κ2) is 32.5. The van der Waals surface area contributed by atoms with Gasteiger partial charge in [0.05, 0.1) is 50.2 Å². The smallest absolute Gasteiger partial charge is 0.314 e. The Kier molecular flexibility index (Phi) is 25.3. The highest BCUT2D eigenvalue weighted by molar-refractivity contribution is 5.75. The van der Waals surface area contributed by atoms with Crippen molar-refractivity contribution in [1.82, 2.24) is 0 Å². The van der Waals surface area contributed by atoms with Gasteiger partial charge in [0, 0.05) is 26.2 Å². The lowest BCUT2D eigenvalue weighted by atomic mass is 9.70. The zero-order valence-corrected chi connectivity index (χ0v) is 46.4. The molecule has 4 saturated carbocycles. The van der Waals surface area contributed by atoms with Gasteiger partial charge in [0.15, 0.2) is 0 Å². The van der Waals surface area contributed by atoms with Gasteiger partial charge >= 0.3 is 5.97 Å². The van der Waals surface area contributed by atoms with Crippen molar-refractivity contribution in [2.75, 3.05) is 39.6 Å². The first-order chi connectivity index (χ1) is 36.6. The molecule has 0 spiro atoms. The summed E-state index contributed by atoms with van der Waals surface area (Å²) in [5.74, 6) is 4.51. The number of benzene rings is 4. The largest absolute Gasteiger partial charge is 0.494 e. The van der Waals surface area contributed by atoms with E-state index in [2.05, 4.69) is 44.2 Å². The summed E-state index contributed by atoms with van der Waals surface area (Å²) in [5.41, 5.74) is 5.56. The topological polar surface area (TPSA) is 81.7 Å². The third-order valence-corrected chi connectivity index (χ3v) is 16.6. The van der Waals surface area contributed by atoms with Gasteiger partial charge in [-0.05, 0) is 234 Å². The van der Waals surface area contributed by atoms with Gasteiger partial charge in [-0.25, -0.2) is 4.39 Å². The Morgan fingerprint density at radius 3 is 1.25 bits per heavy atom. The van der Waals surface area contributed by atoms with Crippen LogP contribution in [0.15, 0.2) is 91.0 Å². The molecule has 8 rings (SSSR count). The molecule has 0 aliphatic heterocycles. The number of hydrogen-bond donors (Lipinski definition) is 0. The summed E-state index contributed by atoms with van der Waals surface area (Å²) in [4.78, 5) is 12.6. The summed E-state index contributed by atoms with van der Waals surface area (Å²) in [6.07, 6.45) is 27.1. The Bertz CT molecular complexity index is 2160. The zero-order chi connectivity index (χ0) is 52.5. The zero-order valence-electron chi connectivity index (χ0n) is 46.4. The number of rotatable bonds is 26. The molecule has 4 aromatic carbocycles. The fourth-order valence-corrected chi connectivity index (χ4v) is 11.6. The number of hydrogen-bond acceptors (Lipinski definition) is 8. The van der Waals surface area contributed by atoms with Crippen LogP contribution >= 0.6 is 0 Å². The molecule has 0 heterocycles. The molecule has 0 unspecified atom stereocenters. The molecule has 4 aliphatic rings. The first kappa shape index (κ1) is 58.4. The van der Waals surface area contributed by atoms with Gasteiger partial charge in [-0.15, -0.1) is 0 Å². The minimum absolute atomic E-state index is 0.0502. The maximum atomic E-state index is 13.9. The van der Waals surface area contributed by atoms with Crippen molar-refractivity contribution >= 4 is 5.97 Å². The summed E-state index contributed by atoms with van der Waals surface area (Å²) >= 11 is 0. The molecule has 75 heavy (non-hydrogen) atoms. The number of carbonyl (C=O) groups is 1. The van der Waals surface area contributed by atoms with E-state index in [0.717, 1.165) is 177 Å². The predicted octanol–water partition coefficient (Wildman–Crippen LogP) is 16.3. The molecule has 0 radical (unpaired) electrons. The lowest BCUT2D eigenvalue weighted by Gasteiger charge is -2.37. The lowest BCUT2D eigenvalue weighted by Crippen LogP contribution is -2.31. The first-order valence-corrected chi connectivity index (χ1v) is 29.5. The van der Waals surface area contributed by atoms with Crippen molar-refractivity contribution in [3.8, 4) is 17.2 Å². The van der Waals surface area contributed by atoms with Gasteiger partial charge in [-0.1, -0.05) is 71.6 Å². The van der Waals surface area contributed by atoms with Gasteiger partial charge in [0.2, 0.25) is 0 Å². The minimum atomic E-state index is -0.0808. The summed E-state index contributed by atoms with van der Waals surface area (Å²) in [5, 5.41) is 0. The molecule has 0 atom stereocenters. The van der Waals surface area contributed by atoms with Gasteiger partial charge < -0.3 is 33.2 Å². The van der Waals surface area contributed by atoms with Crippen LogP contribution in [0.5, 0.6) is 17.2 Å². The van der Waals surface area contributed by atoms with Crippen molar-refractivity contribution in [3.63, 3.8) is 0 Å². The fraction of sp³-hybridized carbons (Fsp3) is 0.621. The Labute approximate surface area is 451 Å². The van der Waals surface area contributed by atoms with E-state index in [9.17, 15) is 9.18 Å². The average molecular weight is 1030 g/mol. The van der Waals surface area contributed by atoms with E-state index in [1.54, 1.807) is 6.07 Å². The number of carbonyl (C=O) groups excluding carboxylic acids is 1. The highest BCUT2D eigenvalue weighted by atomic mass is 19.1. The van der Waals surface area contributed by atoms with E-state index in [0.29, 0.717) is 42.7 Å². The van der Waals surface area contributed by atoms with E-state index in [1.807, 2.05) is 68.4 Å². The van der Waals surface area contributed by atoms with Crippen LogP contribution in [0.2, 0.25) is 0 Å². The number of ether oxygens (including phenoxy) is 7. The van der Waals surface area contributed by atoms with E-state index in [4.69, 9.17) is 33.2 Å². The van der Waals surface area contributed by atoms with Crippen molar-refractivity contribution in [2.24, 2.45) is 17.8 Å². The summed E-state index contributed by atoms with van der Waals surface area (Å²) in [6, 6.07) is 30.0. The van der Waals surface area contributed by atoms with Crippen LogP contribution in [-0.4, -0.2) is 70.0 Å². The van der Waals surface area contributed by atoms with Crippen LogP contribution in [0, 0.1) is 51.3 Å². The SMILES string of the molecule is Cc1ccc(OCCCCCCOC2CCC(OCCCCOC3CCC(c4ccc(C)c(F)c4)CC3)CC2)cc1.Cc1ccc(OCCCOC2CCC(C3CCC(C(=O)Oc4ccc(C)cc4)CC3)CC2)cc1. The number of halogens is 1. The molecule has 8 nitrogen and oxygen atoms in total. The third-order valence-electron chi connectivity index (χ3n) is 16.6. The van der Waals surface area contributed by atoms with Crippen LogP contribution in [0.3, 0.4) is 0 Å². The summed E-state index contributed by atoms with van der Waals surface area (Å²) in [6.45, 7) is 12.8. The number of unbranched alkanes of at least 4 members (excludes halogenated alkanes) is 4. The standard InChI is InChI=1S/C36H53FO4.C30H40O4/c1-28-9-15-32(16-10-28)38-23-5-3-4-6-24-39-34-19-21-35(22-20-34)41-26-8-7-25-40-33-17-13-30(14-18-33)31-12-11-29(2)36(37)27-31;1-22-4-14-27(15-5-22)32-20-3-21-33-28-18-12-25(13-19-28)24-8-10-26(11-9-24)30(31)34-29-16-6-23(2)7-17-29/h9-12,15-16,27,30,33-35H,3-8,13-14,17-26H2,1-2H3;4-7,14-17,24-26,28H,3,8-13,18-21H2,1-2H3. The molecule has 0 N–H and O–H groups in total. The Hall–Kier alpha value is -4.28. The van der Waals surface area contributed by atoms with Gasteiger partial charge in [-0.3, -0.25) is 4.79 Å². The molecule has 4 aromatic rings. The quantitative estimate of drug-likeness (QED) is 0.0350. The summed E-state index contributed by atoms with van der Waals surface area (Å²) in [7, 11) is 0. The Morgan fingerprint density at radius 2 is 0.787 bits per heavy atom. The van der Waals surface area contributed by atoms with Crippen LogP contribution in [0.25, 0.3) is 0 Å². The molecule has 9 heteroatoms. The maximum absolute atomic E-state index is 13.9. The Morgan fingerprint density at radius 1 is 0.413 bits per heavy atom. The van der Waals surface area contributed by atoms with Gasteiger partial charge in [0.25, 0.3) is 0 Å². The Balaban J connectivity index is 0.000000222. The summed E-state index contributed by atoms with van der Waals surface area (Å²) < 4.78 is 55.8. The molecule has 0 aromatic heterocycles. The second-order valence-electron chi connectivity index (χ2n) is 22.5. The van der Waals surface area contributed by atoms with Crippen molar-refractivity contribution in [2.45, 2.75) is 206 Å².